The smallest absolute Gasteiger partial charge is 0.232 e. The molecule has 0 aliphatic carbocycles. The van der Waals surface area contributed by atoms with E-state index in [2.05, 4.69) is 5.32 Å². The van der Waals surface area contributed by atoms with Gasteiger partial charge in [-0.1, -0.05) is 23.7 Å². The fraction of sp³-hybridized carbons (Fsp3) is 0.350. The van der Waals surface area contributed by atoms with Crippen molar-refractivity contribution in [2.75, 3.05) is 40.0 Å². The Morgan fingerprint density at radius 1 is 1.03 bits per heavy atom. The zero-order chi connectivity index (χ0) is 23.4. The van der Waals surface area contributed by atoms with Gasteiger partial charge in [0, 0.05) is 30.7 Å². The Kier molecular flexibility index (Phi) is 7.96. The fourth-order valence-corrected chi connectivity index (χ4v) is 4.59. The molecule has 2 rings (SSSR count). The SMILES string of the molecule is Cc1c(Cl)cccc1N(CCCC(=O)Nc1cccc(N(C)S(C)(=O)=O)c1)S(C)(=O)=O. The summed E-state index contributed by atoms with van der Waals surface area (Å²) in [4.78, 5) is 12.3. The van der Waals surface area contributed by atoms with E-state index in [9.17, 15) is 21.6 Å². The Labute approximate surface area is 188 Å². The number of hydrogen-bond acceptors (Lipinski definition) is 5. The van der Waals surface area contributed by atoms with E-state index in [1.165, 1.54) is 11.4 Å². The second-order valence-corrected chi connectivity index (χ2v) is 11.5. The van der Waals surface area contributed by atoms with Gasteiger partial charge < -0.3 is 5.32 Å². The Hall–Kier alpha value is -2.30. The van der Waals surface area contributed by atoms with Crippen molar-refractivity contribution >= 4 is 54.6 Å². The van der Waals surface area contributed by atoms with Gasteiger partial charge in [0.2, 0.25) is 26.0 Å². The minimum atomic E-state index is -3.56. The Morgan fingerprint density at radius 3 is 2.29 bits per heavy atom. The number of hydrogen-bond donors (Lipinski definition) is 1. The standard InChI is InChI=1S/C20H26ClN3O5S2/c1-15-18(21)10-6-11-19(15)24(31(4,28)29)13-7-12-20(25)22-16-8-5-9-17(14-16)23(2)30(3,26)27/h5-6,8-11,14H,7,12-13H2,1-4H3,(H,22,25). The number of carbonyl (C=O) groups excluding carboxylic acids is 1. The van der Waals surface area contributed by atoms with Crippen molar-refractivity contribution in [3.8, 4) is 0 Å². The van der Waals surface area contributed by atoms with E-state index in [1.807, 2.05) is 0 Å². The fourth-order valence-electron chi connectivity index (χ4n) is 2.91. The summed E-state index contributed by atoms with van der Waals surface area (Å²) in [6.45, 7) is 1.85. The van der Waals surface area contributed by atoms with E-state index in [0.717, 1.165) is 16.8 Å². The summed E-state index contributed by atoms with van der Waals surface area (Å²) in [6, 6.07) is 11.5. The van der Waals surface area contributed by atoms with Crippen LogP contribution in [0.5, 0.6) is 0 Å². The van der Waals surface area contributed by atoms with Crippen LogP contribution in [0.3, 0.4) is 0 Å². The molecule has 0 saturated heterocycles. The molecule has 0 unspecified atom stereocenters. The van der Waals surface area contributed by atoms with Gasteiger partial charge in [-0.05, 0) is 49.2 Å². The Morgan fingerprint density at radius 2 is 1.68 bits per heavy atom. The number of halogens is 1. The maximum absolute atomic E-state index is 12.3. The highest BCUT2D eigenvalue weighted by atomic mass is 35.5. The number of rotatable bonds is 9. The van der Waals surface area contributed by atoms with Crippen molar-refractivity contribution in [3.63, 3.8) is 0 Å². The molecule has 1 N–H and O–H groups in total. The summed E-state index contributed by atoms with van der Waals surface area (Å²) < 4.78 is 50.3. The molecular weight excluding hydrogens is 462 g/mol. The van der Waals surface area contributed by atoms with Gasteiger partial charge in [0.05, 0.1) is 23.9 Å². The zero-order valence-electron chi connectivity index (χ0n) is 17.8. The molecule has 0 aliphatic heterocycles. The third-order valence-corrected chi connectivity index (χ3v) is 7.46. The highest BCUT2D eigenvalue weighted by Crippen LogP contribution is 2.28. The van der Waals surface area contributed by atoms with Crippen LogP contribution in [0.4, 0.5) is 17.1 Å². The molecule has 31 heavy (non-hydrogen) atoms. The molecule has 0 bridgehead atoms. The number of anilines is 3. The third-order valence-electron chi connectivity index (χ3n) is 4.66. The largest absolute Gasteiger partial charge is 0.326 e. The minimum absolute atomic E-state index is 0.0811. The summed E-state index contributed by atoms with van der Waals surface area (Å²) in [6.07, 6.45) is 2.57. The molecule has 8 nitrogen and oxygen atoms in total. The molecule has 170 valence electrons. The first-order valence-electron chi connectivity index (χ1n) is 9.37. The summed E-state index contributed by atoms with van der Waals surface area (Å²) >= 11 is 6.12. The van der Waals surface area contributed by atoms with E-state index >= 15 is 0 Å². The predicted octanol–water partition coefficient (Wildman–Crippen LogP) is 3.23. The molecule has 1 amide bonds. The molecule has 0 fully saturated rings. The lowest BCUT2D eigenvalue weighted by atomic mass is 10.2. The van der Waals surface area contributed by atoms with E-state index in [4.69, 9.17) is 11.6 Å². The van der Waals surface area contributed by atoms with Gasteiger partial charge in [-0.15, -0.1) is 0 Å². The maximum Gasteiger partial charge on any atom is 0.232 e. The van der Waals surface area contributed by atoms with Crippen LogP contribution in [-0.2, 0) is 24.8 Å². The Bertz CT molecular complexity index is 1170. The van der Waals surface area contributed by atoms with E-state index < -0.39 is 20.0 Å². The summed E-state index contributed by atoms with van der Waals surface area (Å²) in [5.74, 6) is -0.310. The number of amides is 1. The van der Waals surface area contributed by atoms with Crippen molar-refractivity contribution in [3.05, 3.63) is 53.1 Å². The molecular formula is C20H26ClN3O5S2. The van der Waals surface area contributed by atoms with Gasteiger partial charge in [-0.25, -0.2) is 16.8 Å². The highest BCUT2D eigenvalue weighted by Gasteiger charge is 2.20. The van der Waals surface area contributed by atoms with Crippen LogP contribution in [0.15, 0.2) is 42.5 Å². The lowest BCUT2D eigenvalue weighted by Crippen LogP contribution is -2.32. The zero-order valence-corrected chi connectivity index (χ0v) is 20.2. The lowest BCUT2D eigenvalue weighted by Gasteiger charge is -2.24. The van der Waals surface area contributed by atoms with Gasteiger partial charge in [-0.3, -0.25) is 13.4 Å². The first-order chi connectivity index (χ1) is 14.3. The van der Waals surface area contributed by atoms with Crippen LogP contribution in [0.1, 0.15) is 18.4 Å². The molecule has 0 atom stereocenters. The molecule has 2 aromatic rings. The molecule has 0 aliphatic rings. The molecule has 0 spiro atoms. The molecule has 0 saturated carbocycles. The van der Waals surface area contributed by atoms with Gasteiger partial charge in [0.1, 0.15) is 0 Å². The van der Waals surface area contributed by atoms with Crippen LogP contribution in [0, 0.1) is 6.92 Å². The van der Waals surface area contributed by atoms with Crippen LogP contribution >= 0.6 is 11.6 Å². The van der Waals surface area contributed by atoms with Crippen molar-refractivity contribution in [1.82, 2.24) is 0 Å². The minimum Gasteiger partial charge on any atom is -0.326 e. The lowest BCUT2D eigenvalue weighted by molar-refractivity contribution is -0.116. The second kappa shape index (κ2) is 9.88. The number of benzene rings is 2. The van der Waals surface area contributed by atoms with Crippen LogP contribution < -0.4 is 13.9 Å². The average molecular weight is 488 g/mol. The average Bonchev–Trinajstić information content (AvgIpc) is 2.66. The maximum atomic E-state index is 12.3. The molecule has 11 heteroatoms. The monoisotopic (exact) mass is 487 g/mol. The summed E-state index contributed by atoms with van der Waals surface area (Å²) in [5, 5.41) is 3.17. The van der Waals surface area contributed by atoms with Gasteiger partial charge in [-0.2, -0.15) is 0 Å². The highest BCUT2D eigenvalue weighted by molar-refractivity contribution is 7.92. The van der Waals surface area contributed by atoms with E-state index in [1.54, 1.807) is 49.4 Å². The number of nitrogens with zero attached hydrogens (tertiary/aromatic N) is 2. The van der Waals surface area contributed by atoms with Crippen LogP contribution in [0.2, 0.25) is 5.02 Å². The predicted molar refractivity (Wildman–Crippen MR) is 126 cm³/mol. The van der Waals surface area contributed by atoms with Gasteiger partial charge >= 0.3 is 0 Å². The van der Waals surface area contributed by atoms with Crippen molar-refractivity contribution in [1.29, 1.82) is 0 Å². The molecule has 0 aromatic heterocycles. The second-order valence-electron chi connectivity index (χ2n) is 7.15. The molecule has 2 aromatic carbocycles. The van der Waals surface area contributed by atoms with E-state index in [0.29, 0.717) is 27.6 Å². The number of nitrogens with one attached hydrogen (secondary N) is 1. The van der Waals surface area contributed by atoms with Crippen molar-refractivity contribution in [2.24, 2.45) is 0 Å². The number of carbonyl (C=O) groups is 1. The van der Waals surface area contributed by atoms with Crippen molar-refractivity contribution < 1.29 is 21.6 Å². The third kappa shape index (κ3) is 6.84. The van der Waals surface area contributed by atoms with Crippen LogP contribution in [-0.4, -0.2) is 48.8 Å². The molecule has 0 radical (unpaired) electrons. The quantitative estimate of drug-likeness (QED) is 0.584. The summed E-state index contributed by atoms with van der Waals surface area (Å²) in [5.41, 5.74) is 1.99. The summed E-state index contributed by atoms with van der Waals surface area (Å²) in [7, 11) is -5.56. The first kappa shape index (κ1) is 25.0. The molecule has 0 heterocycles. The van der Waals surface area contributed by atoms with Gasteiger partial charge in [0.25, 0.3) is 0 Å². The van der Waals surface area contributed by atoms with E-state index in [-0.39, 0.29) is 25.3 Å². The van der Waals surface area contributed by atoms with Crippen molar-refractivity contribution in [2.45, 2.75) is 19.8 Å². The first-order valence-corrected chi connectivity index (χ1v) is 13.4. The Balaban J connectivity index is 2.05. The van der Waals surface area contributed by atoms with Gasteiger partial charge in [0.15, 0.2) is 0 Å². The number of sulfonamides is 2. The van der Waals surface area contributed by atoms with Crippen LogP contribution in [0.25, 0.3) is 0 Å². The topological polar surface area (TPSA) is 104 Å². The normalized spacial score (nSPS) is 11.8.